The van der Waals surface area contributed by atoms with Gasteiger partial charge < -0.3 is 10.1 Å². The van der Waals surface area contributed by atoms with Crippen molar-refractivity contribution in [2.45, 2.75) is 17.0 Å². The lowest BCUT2D eigenvalue weighted by Gasteiger charge is -2.12. The summed E-state index contributed by atoms with van der Waals surface area (Å²) in [5.74, 6) is 1.03. The van der Waals surface area contributed by atoms with Gasteiger partial charge in [0, 0.05) is 30.0 Å². The topological polar surface area (TPSA) is 126 Å². The Bertz CT molecular complexity index is 1130. The number of sulfonamides is 1. The molecule has 11 heteroatoms. The van der Waals surface area contributed by atoms with Crippen LogP contribution in [0.1, 0.15) is 17.3 Å². The molecule has 9 nitrogen and oxygen atoms in total. The Morgan fingerprint density at radius 3 is 2.68 bits per heavy atom. The molecule has 3 N–H and O–H groups in total. The maximum atomic E-state index is 12.5. The molecule has 3 aromatic rings. The first-order valence-electron chi connectivity index (χ1n) is 9.51. The fourth-order valence-electron chi connectivity index (χ4n) is 2.74. The van der Waals surface area contributed by atoms with Crippen LogP contribution < -0.4 is 14.8 Å². The summed E-state index contributed by atoms with van der Waals surface area (Å²) in [5, 5.41) is 10.4. The number of H-pyrrole nitrogens is 1. The summed E-state index contributed by atoms with van der Waals surface area (Å²) in [6.45, 7) is 2.27. The summed E-state index contributed by atoms with van der Waals surface area (Å²) in [6.07, 6.45) is 0. The molecule has 0 saturated heterocycles. The number of benzene rings is 2. The summed E-state index contributed by atoms with van der Waals surface area (Å²) in [4.78, 5) is 16.8. The van der Waals surface area contributed by atoms with Gasteiger partial charge in [-0.15, -0.1) is 5.10 Å². The second kappa shape index (κ2) is 10.4. The maximum Gasteiger partial charge on any atom is 0.251 e. The molecule has 0 aliphatic carbocycles. The number of ether oxygens (including phenoxy) is 1. The Balaban J connectivity index is 1.57. The number of aromatic nitrogens is 3. The van der Waals surface area contributed by atoms with E-state index in [0.29, 0.717) is 23.3 Å². The predicted molar refractivity (Wildman–Crippen MR) is 119 cm³/mol. The Labute approximate surface area is 185 Å². The number of nitrogens with zero attached hydrogens (tertiary/aromatic N) is 2. The molecule has 3 rings (SSSR count). The highest BCUT2D eigenvalue weighted by molar-refractivity contribution is 7.99. The van der Waals surface area contributed by atoms with E-state index in [1.807, 2.05) is 30.3 Å². The Morgan fingerprint density at radius 2 is 1.97 bits per heavy atom. The van der Waals surface area contributed by atoms with E-state index in [9.17, 15) is 13.2 Å². The zero-order valence-electron chi connectivity index (χ0n) is 17.1. The van der Waals surface area contributed by atoms with Gasteiger partial charge >= 0.3 is 0 Å². The van der Waals surface area contributed by atoms with Crippen LogP contribution in [0, 0.1) is 0 Å². The lowest BCUT2D eigenvalue weighted by Crippen LogP contribution is -2.27. The number of hydrogen-bond acceptors (Lipinski definition) is 7. The van der Waals surface area contributed by atoms with Crippen LogP contribution in [0.3, 0.4) is 0 Å². The number of thioether (sulfide) groups is 1. The minimum Gasteiger partial charge on any atom is -0.495 e. The van der Waals surface area contributed by atoms with Crippen molar-refractivity contribution in [1.29, 1.82) is 0 Å². The number of carbonyl (C=O) groups excluding carboxylic acids is 1. The van der Waals surface area contributed by atoms with Gasteiger partial charge in [0.1, 0.15) is 10.6 Å². The van der Waals surface area contributed by atoms with Gasteiger partial charge in [0.05, 0.1) is 7.11 Å². The van der Waals surface area contributed by atoms with E-state index in [4.69, 9.17) is 4.74 Å². The number of hydrogen-bond donors (Lipinski definition) is 3. The summed E-state index contributed by atoms with van der Waals surface area (Å²) >= 11 is 1.40. The molecule has 0 bridgehead atoms. The molecule has 0 atom stereocenters. The molecule has 164 valence electrons. The molecule has 0 aliphatic rings. The van der Waals surface area contributed by atoms with Gasteiger partial charge in [0.15, 0.2) is 5.82 Å². The van der Waals surface area contributed by atoms with Crippen molar-refractivity contribution in [3.63, 3.8) is 0 Å². The van der Waals surface area contributed by atoms with Gasteiger partial charge in [-0.1, -0.05) is 49.0 Å². The van der Waals surface area contributed by atoms with Gasteiger partial charge in [-0.25, -0.2) is 18.1 Å². The maximum absolute atomic E-state index is 12.5. The third-order valence-corrected chi connectivity index (χ3v) is 6.60. The van der Waals surface area contributed by atoms with Crippen molar-refractivity contribution >= 4 is 27.7 Å². The fourth-order valence-corrected chi connectivity index (χ4v) is 4.63. The van der Waals surface area contributed by atoms with E-state index in [1.165, 1.54) is 37.1 Å². The minimum atomic E-state index is -3.77. The van der Waals surface area contributed by atoms with Crippen molar-refractivity contribution < 1.29 is 17.9 Å². The van der Waals surface area contributed by atoms with Crippen LogP contribution >= 0.6 is 11.8 Å². The number of aromatic amines is 1. The van der Waals surface area contributed by atoms with E-state index >= 15 is 0 Å². The quantitative estimate of drug-likeness (QED) is 0.312. The minimum absolute atomic E-state index is 0.0759. The SMILES string of the molecule is CCNS(=O)(=O)c1cc(C(=O)NCCSc2n[nH]c(-c3ccccc3)n2)ccc1OC. The summed E-state index contributed by atoms with van der Waals surface area (Å²) < 4.78 is 32.3. The monoisotopic (exact) mass is 461 g/mol. The van der Waals surface area contributed by atoms with Crippen LogP contribution in [-0.4, -0.2) is 55.5 Å². The number of carbonyl (C=O) groups is 1. The van der Waals surface area contributed by atoms with Crippen LogP contribution in [0.15, 0.2) is 58.6 Å². The zero-order chi connectivity index (χ0) is 22.3. The first-order chi connectivity index (χ1) is 14.9. The lowest BCUT2D eigenvalue weighted by molar-refractivity contribution is 0.0956. The number of amides is 1. The molecule has 0 aliphatic heterocycles. The average molecular weight is 462 g/mol. The summed E-state index contributed by atoms with van der Waals surface area (Å²) in [6, 6.07) is 14.0. The Hall–Kier alpha value is -2.89. The van der Waals surface area contributed by atoms with Gasteiger partial charge in [0.2, 0.25) is 15.2 Å². The molecular weight excluding hydrogens is 438 g/mol. The van der Waals surface area contributed by atoms with Crippen molar-refractivity contribution in [2.75, 3.05) is 26.0 Å². The standard InChI is InChI=1S/C20H23N5O4S2/c1-3-22-31(27,28)17-13-15(9-10-16(17)29-2)19(26)21-11-12-30-20-23-18(24-25-20)14-7-5-4-6-8-14/h4-10,13,22H,3,11-12H2,1-2H3,(H,21,26)(H,23,24,25). The van der Waals surface area contributed by atoms with Gasteiger partial charge in [0.25, 0.3) is 5.91 Å². The molecular formula is C20H23N5O4S2. The molecule has 1 aromatic heterocycles. The molecule has 0 unspecified atom stereocenters. The number of methoxy groups -OCH3 is 1. The van der Waals surface area contributed by atoms with Crippen LogP contribution in [0.2, 0.25) is 0 Å². The van der Waals surface area contributed by atoms with E-state index in [0.717, 1.165) is 5.56 Å². The van der Waals surface area contributed by atoms with E-state index in [-0.39, 0.29) is 28.7 Å². The third-order valence-electron chi connectivity index (χ3n) is 4.18. The highest BCUT2D eigenvalue weighted by Crippen LogP contribution is 2.25. The summed E-state index contributed by atoms with van der Waals surface area (Å²) in [7, 11) is -2.39. The molecule has 0 fully saturated rings. The molecule has 0 spiro atoms. The second-order valence-corrected chi connectivity index (χ2v) is 9.10. The van der Waals surface area contributed by atoms with Gasteiger partial charge in [-0.3, -0.25) is 9.89 Å². The van der Waals surface area contributed by atoms with Crippen molar-refractivity contribution in [2.24, 2.45) is 0 Å². The molecule has 2 aromatic carbocycles. The van der Waals surface area contributed by atoms with Crippen molar-refractivity contribution in [1.82, 2.24) is 25.2 Å². The normalized spacial score (nSPS) is 11.3. The molecule has 0 saturated carbocycles. The smallest absolute Gasteiger partial charge is 0.251 e. The third kappa shape index (κ3) is 5.84. The Morgan fingerprint density at radius 1 is 1.19 bits per heavy atom. The molecule has 31 heavy (non-hydrogen) atoms. The first-order valence-corrected chi connectivity index (χ1v) is 12.0. The van der Waals surface area contributed by atoms with Gasteiger partial charge in [-0.2, -0.15) is 0 Å². The van der Waals surface area contributed by atoms with Crippen LogP contribution in [0.4, 0.5) is 0 Å². The predicted octanol–water partition coefficient (Wildman–Crippen LogP) is 2.30. The van der Waals surface area contributed by atoms with E-state index < -0.39 is 10.0 Å². The highest BCUT2D eigenvalue weighted by atomic mass is 32.2. The zero-order valence-corrected chi connectivity index (χ0v) is 18.7. The molecule has 1 amide bonds. The van der Waals surface area contributed by atoms with E-state index in [1.54, 1.807) is 6.92 Å². The molecule has 0 radical (unpaired) electrons. The number of nitrogens with one attached hydrogen (secondary N) is 3. The largest absolute Gasteiger partial charge is 0.495 e. The second-order valence-electron chi connectivity index (χ2n) is 6.30. The van der Waals surface area contributed by atoms with E-state index in [2.05, 4.69) is 25.2 Å². The number of rotatable bonds is 10. The molecule has 1 heterocycles. The average Bonchev–Trinajstić information content (AvgIpc) is 3.25. The highest BCUT2D eigenvalue weighted by Gasteiger charge is 2.21. The summed E-state index contributed by atoms with van der Waals surface area (Å²) in [5.41, 5.74) is 1.17. The van der Waals surface area contributed by atoms with Crippen LogP contribution in [0.25, 0.3) is 11.4 Å². The van der Waals surface area contributed by atoms with Crippen LogP contribution in [0.5, 0.6) is 5.75 Å². The first kappa shape index (κ1) is 22.8. The van der Waals surface area contributed by atoms with Gasteiger partial charge in [-0.05, 0) is 18.2 Å². The Kier molecular flexibility index (Phi) is 7.66. The lowest BCUT2D eigenvalue weighted by atomic mass is 10.2. The van der Waals surface area contributed by atoms with Crippen LogP contribution in [-0.2, 0) is 10.0 Å². The van der Waals surface area contributed by atoms with Crippen molar-refractivity contribution in [3.05, 3.63) is 54.1 Å². The fraction of sp³-hybridized carbons (Fsp3) is 0.250. The van der Waals surface area contributed by atoms with Crippen molar-refractivity contribution in [3.8, 4) is 17.1 Å².